The largest absolute Gasteiger partial charge is 0.301 e. The minimum Gasteiger partial charge on any atom is -0.301 e. The van der Waals surface area contributed by atoms with Crippen LogP contribution in [0.1, 0.15) is 59.6 Å². The normalized spacial score (nSPS) is 14.2. The molecular weight excluding hydrogens is 264 g/mol. The number of aromatic nitrogens is 1. The molecule has 0 radical (unpaired) electrons. The molecule has 1 N–H and O–H groups in total. The minimum atomic E-state index is 0.336. The topological polar surface area (TPSA) is 24.9 Å². The molecule has 0 saturated carbocycles. The Morgan fingerprint density at radius 2 is 1.85 bits per heavy atom. The number of hydrogen-bond acceptors (Lipinski definition) is 3. The first-order chi connectivity index (χ1) is 9.52. The summed E-state index contributed by atoms with van der Waals surface area (Å²) >= 11 is 1.73. The van der Waals surface area contributed by atoms with Crippen molar-refractivity contribution in [1.29, 1.82) is 0 Å². The van der Waals surface area contributed by atoms with E-state index in [0.717, 1.165) is 6.42 Å². The lowest BCUT2D eigenvalue weighted by Crippen LogP contribution is -2.24. The van der Waals surface area contributed by atoms with Crippen molar-refractivity contribution in [2.24, 2.45) is 0 Å². The molecule has 20 heavy (non-hydrogen) atoms. The second-order valence-electron chi connectivity index (χ2n) is 5.51. The highest BCUT2D eigenvalue weighted by molar-refractivity contribution is 7.09. The van der Waals surface area contributed by atoms with Gasteiger partial charge >= 0.3 is 0 Å². The molecule has 2 nitrogen and oxygen atoms in total. The maximum atomic E-state index is 4.44. The maximum Gasteiger partial charge on any atom is 0.109 e. The molecule has 0 aliphatic heterocycles. The van der Waals surface area contributed by atoms with Gasteiger partial charge in [0.05, 0.1) is 6.04 Å². The van der Waals surface area contributed by atoms with Crippen LogP contribution in [0.4, 0.5) is 0 Å². The van der Waals surface area contributed by atoms with E-state index in [2.05, 4.69) is 57.1 Å². The van der Waals surface area contributed by atoms with Crippen LogP contribution in [-0.2, 0) is 0 Å². The van der Waals surface area contributed by atoms with Crippen molar-refractivity contribution in [2.75, 3.05) is 0 Å². The smallest absolute Gasteiger partial charge is 0.109 e. The molecule has 108 valence electrons. The van der Waals surface area contributed by atoms with Crippen LogP contribution in [0.5, 0.6) is 0 Å². The third-order valence-corrected chi connectivity index (χ3v) is 4.85. The van der Waals surface area contributed by atoms with Crippen molar-refractivity contribution in [3.63, 3.8) is 0 Å². The number of nitrogens with one attached hydrogen (secondary N) is 1. The molecule has 0 amide bonds. The Hall–Kier alpha value is -1.19. The molecule has 2 unspecified atom stereocenters. The predicted octanol–water partition coefficient (Wildman–Crippen LogP) is 4.87. The lowest BCUT2D eigenvalue weighted by Gasteiger charge is -2.23. The zero-order chi connectivity index (χ0) is 14.7. The quantitative estimate of drug-likeness (QED) is 0.849. The van der Waals surface area contributed by atoms with Crippen LogP contribution in [0.2, 0.25) is 0 Å². The summed E-state index contributed by atoms with van der Waals surface area (Å²) in [5.74, 6) is 0. The van der Waals surface area contributed by atoms with Crippen molar-refractivity contribution in [3.05, 3.63) is 51.0 Å². The van der Waals surface area contributed by atoms with E-state index in [1.54, 1.807) is 11.3 Å². The molecule has 2 atom stereocenters. The highest BCUT2D eigenvalue weighted by atomic mass is 32.1. The molecule has 1 aromatic heterocycles. The summed E-state index contributed by atoms with van der Waals surface area (Å²) in [6.45, 7) is 11.0. The van der Waals surface area contributed by atoms with Gasteiger partial charge in [0.15, 0.2) is 0 Å². The second kappa shape index (κ2) is 6.51. The van der Waals surface area contributed by atoms with E-state index in [4.69, 9.17) is 0 Å². The molecule has 0 saturated heterocycles. The van der Waals surface area contributed by atoms with Gasteiger partial charge in [-0.15, -0.1) is 11.3 Å². The molecule has 2 aromatic rings. The van der Waals surface area contributed by atoms with Crippen LogP contribution < -0.4 is 5.32 Å². The van der Waals surface area contributed by atoms with E-state index in [9.17, 15) is 0 Å². The highest BCUT2D eigenvalue weighted by Crippen LogP contribution is 2.26. The highest BCUT2D eigenvalue weighted by Gasteiger charge is 2.17. The number of nitrogens with zero attached hydrogens (tertiary/aromatic N) is 1. The summed E-state index contributed by atoms with van der Waals surface area (Å²) in [6.07, 6.45) is 2.94. The van der Waals surface area contributed by atoms with Crippen molar-refractivity contribution >= 4 is 11.3 Å². The summed E-state index contributed by atoms with van der Waals surface area (Å²) < 4.78 is 0. The lowest BCUT2D eigenvalue weighted by molar-refractivity contribution is 0.453. The van der Waals surface area contributed by atoms with E-state index >= 15 is 0 Å². The Balaban J connectivity index is 2.19. The summed E-state index contributed by atoms with van der Waals surface area (Å²) in [4.78, 5) is 4.44. The molecular formula is C17H24N2S. The predicted molar refractivity (Wildman–Crippen MR) is 87.3 cm³/mol. The van der Waals surface area contributed by atoms with Gasteiger partial charge in [-0.3, -0.25) is 0 Å². The monoisotopic (exact) mass is 288 g/mol. The van der Waals surface area contributed by atoms with Crippen LogP contribution in [-0.4, -0.2) is 4.98 Å². The Labute approximate surface area is 126 Å². The summed E-state index contributed by atoms with van der Waals surface area (Å²) in [6, 6.07) is 5.28. The van der Waals surface area contributed by atoms with E-state index in [1.807, 2.05) is 11.6 Å². The van der Waals surface area contributed by atoms with Crippen LogP contribution in [0.15, 0.2) is 23.7 Å². The SMILES string of the molecule is CCC(NC(C)c1cc(C)c(C)cc1C)c1nccs1. The molecule has 0 aliphatic rings. The van der Waals surface area contributed by atoms with E-state index in [1.165, 1.54) is 27.3 Å². The summed E-state index contributed by atoms with van der Waals surface area (Å²) in [7, 11) is 0. The number of hydrogen-bond donors (Lipinski definition) is 1. The van der Waals surface area contributed by atoms with Gasteiger partial charge in [0, 0.05) is 17.6 Å². The van der Waals surface area contributed by atoms with Gasteiger partial charge < -0.3 is 5.32 Å². The van der Waals surface area contributed by atoms with Crippen molar-refractivity contribution < 1.29 is 0 Å². The van der Waals surface area contributed by atoms with Crippen molar-refractivity contribution in [1.82, 2.24) is 10.3 Å². The third kappa shape index (κ3) is 3.28. The van der Waals surface area contributed by atoms with Crippen molar-refractivity contribution in [2.45, 2.75) is 53.1 Å². The number of benzene rings is 1. The van der Waals surface area contributed by atoms with Crippen LogP contribution >= 0.6 is 11.3 Å². The summed E-state index contributed by atoms with van der Waals surface area (Å²) in [5, 5.41) is 6.95. The van der Waals surface area contributed by atoms with Gasteiger partial charge in [0.1, 0.15) is 5.01 Å². The molecule has 0 spiro atoms. The van der Waals surface area contributed by atoms with Gasteiger partial charge in [-0.2, -0.15) is 0 Å². The first-order valence-corrected chi connectivity index (χ1v) is 8.14. The Bertz CT molecular complexity index is 561. The Morgan fingerprint density at radius 3 is 2.45 bits per heavy atom. The minimum absolute atomic E-state index is 0.336. The fourth-order valence-electron chi connectivity index (χ4n) is 2.61. The van der Waals surface area contributed by atoms with E-state index < -0.39 is 0 Å². The lowest BCUT2D eigenvalue weighted by atomic mass is 9.96. The molecule has 0 bridgehead atoms. The van der Waals surface area contributed by atoms with Crippen LogP contribution in [0.25, 0.3) is 0 Å². The maximum absolute atomic E-state index is 4.44. The van der Waals surface area contributed by atoms with Gasteiger partial charge in [0.2, 0.25) is 0 Å². The average molecular weight is 288 g/mol. The van der Waals surface area contributed by atoms with Gasteiger partial charge in [-0.25, -0.2) is 4.98 Å². The second-order valence-corrected chi connectivity index (χ2v) is 6.44. The van der Waals surface area contributed by atoms with Crippen molar-refractivity contribution in [3.8, 4) is 0 Å². The fourth-order valence-corrected chi connectivity index (χ4v) is 3.39. The zero-order valence-electron chi connectivity index (χ0n) is 13.0. The first-order valence-electron chi connectivity index (χ1n) is 7.26. The van der Waals surface area contributed by atoms with Crippen LogP contribution in [0, 0.1) is 20.8 Å². The number of aryl methyl sites for hydroxylation is 3. The molecule has 3 heteroatoms. The van der Waals surface area contributed by atoms with E-state index in [0.29, 0.717) is 12.1 Å². The molecule has 0 fully saturated rings. The zero-order valence-corrected chi connectivity index (χ0v) is 13.8. The standard InChI is InChI=1S/C17H24N2S/c1-6-16(17-18-7-8-20-17)19-14(5)15-10-12(3)11(2)9-13(15)4/h7-10,14,16,19H,6H2,1-5H3. The van der Waals surface area contributed by atoms with Gasteiger partial charge in [-0.1, -0.05) is 19.1 Å². The third-order valence-electron chi connectivity index (χ3n) is 3.96. The summed E-state index contributed by atoms with van der Waals surface area (Å²) in [5.41, 5.74) is 5.48. The van der Waals surface area contributed by atoms with Gasteiger partial charge in [0.25, 0.3) is 0 Å². The number of rotatable bonds is 5. The fraction of sp³-hybridized carbons (Fsp3) is 0.471. The molecule has 1 heterocycles. The van der Waals surface area contributed by atoms with E-state index in [-0.39, 0.29) is 0 Å². The Kier molecular flexibility index (Phi) is 4.95. The molecule has 2 rings (SSSR count). The van der Waals surface area contributed by atoms with Gasteiger partial charge in [-0.05, 0) is 56.4 Å². The van der Waals surface area contributed by atoms with Crippen LogP contribution in [0.3, 0.4) is 0 Å². The number of thiazole rings is 1. The first kappa shape index (κ1) is 15.2. The molecule has 0 aliphatic carbocycles. The Morgan fingerprint density at radius 1 is 1.15 bits per heavy atom. The molecule has 1 aromatic carbocycles. The average Bonchev–Trinajstić information content (AvgIpc) is 2.93.